The Morgan fingerprint density at radius 1 is 1.08 bits per heavy atom. The molecule has 1 aliphatic heterocycles. The second-order valence-corrected chi connectivity index (χ2v) is 7.17. The fourth-order valence-electron chi connectivity index (χ4n) is 3.52. The number of amides is 1. The van der Waals surface area contributed by atoms with Crippen LogP contribution < -0.4 is 5.73 Å². The molecule has 0 spiro atoms. The van der Waals surface area contributed by atoms with Crippen molar-refractivity contribution in [2.75, 3.05) is 0 Å². The summed E-state index contributed by atoms with van der Waals surface area (Å²) in [6.07, 6.45) is 11.4. The average molecular weight is 332 g/mol. The summed E-state index contributed by atoms with van der Waals surface area (Å²) in [5.74, 6) is 0.143. The maximum absolute atomic E-state index is 11.3. The van der Waals surface area contributed by atoms with Crippen LogP contribution in [0.4, 0.5) is 0 Å². The van der Waals surface area contributed by atoms with Crippen molar-refractivity contribution in [3.05, 3.63) is 35.4 Å². The third kappa shape index (κ3) is 5.62. The van der Waals surface area contributed by atoms with Crippen molar-refractivity contribution >= 4 is 5.91 Å². The Hall–Kier alpha value is -1.35. The first kappa shape index (κ1) is 19.0. The average Bonchev–Trinajstić information content (AvgIpc) is 3.38. The van der Waals surface area contributed by atoms with Crippen LogP contribution in [-0.2, 0) is 9.53 Å². The molecule has 1 aromatic carbocycles. The maximum atomic E-state index is 11.3. The second kappa shape index (κ2) is 9.83. The van der Waals surface area contributed by atoms with Gasteiger partial charge in [0.1, 0.15) is 6.10 Å². The minimum absolute atomic E-state index is 0.125. The molecule has 0 bridgehead atoms. The summed E-state index contributed by atoms with van der Waals surface area (Å²) in [5, 5.41) is 0. The zero-order valence-electron chi connectivity index (χ0n) is 15.3. The molecule has 0 aromatic heterocycles. The van der Waals surface area contributed by atoms with Gasteiger partial charge in [0.05, 0.1) is 0 Å². The number of hydrogen-bond acceptors (Lipinski definition) is 2. The van der Waals surface area contributed by atoms with Crippen LogP contribution >= 0.6 is 0 Å². The Kier molecular flexibility index (Phi) is 7.77. The highest BCUT2D eigenvalue weighted by atomic mass is 16.6. The van der Waals surface area contributed by atoms with E-state index in [-0.39, 0.29) is 12.0 Å². The number of nitrogens with two attached hydrogens (primary N) is 1. The van der Waals surface area contributed by atoms with E-state index in [9.17, 15) is 4.79 Å². The molecule has 3 heteroatoms. The number of carbonyl (C=O) groups is 1. The first-order chi connectivity index (χ1) is 11.6. The fraction of sp³-hybridized carbons (Fsp3) is 0.667. The summed E-state index contributed by atoms with van der Waals surface area (Å²) >= 11 is 0. The van der Waals surface area contributed by atoms with Gasteiger partial charge in [-0.15, -0.1) is 0 Å². The van der Waals surface area contributed by atoms with Gasteiger partial charge in [0.15, 0.2) is 6.10 Å². The van der Waals surface area contributed by atoms with Crippen LogP contribution in [0.1, 0.15) is 94.8 Å². The quantitative estimate of drug-likeness (QED) is 0.420. The lowest BCUT2D eigenvalue weighted by Crippen LogP contribution is -2.18. The minimum Gasteiger partial charge on any atom is -0.367 e. The highest BCUT2D eigenvalue weighted by Gasteiger charge is 2.45. The van der Waals surface area contributed by atoms with Gasteiger partial charge in [0, 0.05) is 0 Å². The lowest BCUT2D eigenvalue weighted by molar-refractivity contribution is -0.119. The number of epoxide rings is 1. The van der Waals surface area contributed by atoms with E-state index in [2.05, 4.69) is 32.0 Å². The van der Waals surface area contributed by atoms with Gasteiger partial charge in [-0.2, -0.15) is 0 Å². The Bertz CT molecular complexity index is 514. The topological polar surface area (TPSA) is 55.6 Å². The third-order valence-corrected chi connectivity index (χ3v) is 5.10. The van der Waals surface area contributed by atoms with Gasteiger partial charge in [0.2, 0.25) is 5.91 Å². The van der Waals surface area contributed by atoms with Gasteiger partial charge in [-0.3, -0.25) is 4.79 Å². The predicted octanol–water partition coefficient (Wildman–Crippen LogP) is 5.25. The number of unbranched alkanes of at least 4 members (excludes halogenated alkanes) is 7. The first-order valence-corrected chi connectivity index (χ1v) is 9.68. The molecule has 24 heavy (non-hydrogen) atoms. The van der Waals surface area contributed by atoms with Crippen LogP contribution in [0.5, 0.6) is 0 Å². The molecule has 1 heterocycles. The lowest BCUT2D eigenvalue weighted by Gasteiger charge is -2.15. The molecule has 0 radical (unpaired) electrons. The normalized spacial score (nSPS) is 20.8. The molecule has 134 valence electrons. The molecule has 1 aromatic rings. The summed E-state index contributed by atoms with van der Waals surface area (Å²) in [4.78, 5) is 11.3. The summed E-state index contributed by atoms with van der Waals surface area (Å²) in [6, 6.07) is 8.34. The zero-order chi connectivity index (χ0) is 17.4. The number of primary amides is 1. The molecular formula is C21H33NO2. The molecule has 1 aliphatic rings. The molecule has 1 amide bonds. The Morgan fingerprint density at radius 3 is 2.33 bits per heavy atom. The van der Waals surface area contributed by atoms with Crippen LogP contribution in [-0.4, -0.2) is 12.0 Å². The molecule has 1 unspecified atom stereocenters. The van der Waals surface area contributed by atoms with Gasteiger partial charge >= 0.3 is 0 Å². The molecular weight excluding hydrogens is 298 g/mol. The van der Waals surface area contributed by atoms with Gasteiger partial charge in [-0.1, -0.05) is 89.5 Å². The molecule has 2 rings (SSSR count). The summed E-state index contributed by atoms with van der Waals surface area (Å²) in [7, 11) is 0. The van der Waals surface area contributed by atoms with Crippen molar-refractivity contribution in [1.29, 1.82) is 0 Å². The van der Waals surface area contributed by atoms with Crippen molar-refractivity contribution in [2.45, 2.75) is 89.8 Å². The van der Waals surface area contributed by atoms with E-state index in [1.54, 1.807) is 0 Å². The number of benzene rings is 1. The lowest BCUT2D eigenvalue weighted by atomic mass is 9.89. The molecule has 3 atom stereocenters. The van der Waals surface area contributed by atoms with E-state index < -0.39 is 6.10 Å². The van der Waals surface area contributed by atoms with Gasteiger partial charge in [-0.25, -0.2) is 0 Å². The van der Waals surface area contributed by atoms with E-state index >= 15 is 0 Å². The van der Waals surface area contributed by atoms with Crippen LogP contribution in [0.3, 0.4) is 0 Å². The minimum atomic E-state index is -0.429. The zero-order valence-corrected chi connectivity index (χ0v) is 15.3. The first-order valence-electron chi connectivity index (χ1n) is 9.68. The van der Waals surface area contributed by atoms with Gasteiger partial charge in [-0.05, 0) is 23.5 Å². The van der Waals surface area contributed by atoms with Crippen molar-refractivity contribution < 1.29 is 9.53 Å². The van der Waals surface area contributed by atoms with E-state index in [4.69, 9.17) is 10.5 Å². The number of hydrogen-bond donors (Lipinski definition) is 1. The smallest absolute Gasteiger partial charge is 0.249 e. The van der Waals surface area contributed by atoms with E-state index in [1.807, 2.05) is 6.07 Å². The summed E-state index contributed by atoms with van der Waals surface area (Å²) in [6.45, 7) is 4.54. The Balaban J connectivity index is 1.73. The summed E-state index contributed by atoms with van der Waals surface area (Å²) in [5.41, 5.74) is 7.81. The highest BCUT2D eigenvalue weighted by molar-refractivity contribution is 5.82. The van der Waals surface area contributed by atoms with E-state index in [0.29, 0.717) is 5.92 Å². The molecule has 2 N–H and O–H groups in total. The monoisotopic (exact) mass is 331 g/mol. The maximum Gasteiger partial charge on any atom is 0.249 e. The van der Waals surface area contributed by atoms with E-state index in [1.165, 1.54) is 63.4 Å². The number of carbonyl (C=O) groups excluding carboxylic acids is 1. The molecule has 0 aliphatic carbocycles. The number of rotatable bonds is 12. The summed E-state index contributed by atoms with van der Waals surface area (Å²) < 4.78 is 5.47. The SMILES string of the molecule is CCCCCCCCCCC(C)c1ccccc1[C@@H]1O[C@H]1C(N)=O. The van der Waals surface area contributed by atoms with Crippen LogP contribution in [0.2, 0.25) is 0 Å². The van der Waals surface area contributed by atoms with Crippen molar-refractivity contribution in [3.8, 4) is 0 Å². The van der Waals surface area contributed by atoms with Crippen molar-refractivity contribution in [3.63, 3.8) is 0 Å². The van der Waals surface area contributed by atoms with Crippen LogP contribution in [0.15, 0.2) is 24.3 Å². The van der Waals surface area contributed by atoms with Crippen LogP contribution in [0.25, 0.3) is 0 Å². The molecule has 1 saturated heterocycles. The standard InChI is InChI=1S/C21H33NO2/c1-3-4-5-6-7-8-9-10-13-16(2)17-14-11-12-15-18(17)19-20(24-19)21(22)23/h11-12,14-16,19-20H,3-10,13H2,1-2H3,(H2,22,23)/t16?,19-,20+/m0/s1. The largest absolute Gasteiger partial charge is 0.367 e. The fourth-order valence-corrected chi connectivity index (χ4v) is 3.52. The van der Waals surface area contributed by atoms with Crippen molar-refractivity contribution in [1.82, 2.24) is 0 Å². The number of ether oxygens (including phenoxy) is 1. The third-order valence-electron chi connectivity index (χ3n) is 5.10. The van der Waals surface area contributed by atoms with Crippen LogP contribution in [0, 0.1) is 0 Å². The predicted molar refractivity (Wildman–Crippen MR) is 98.9 cm³/mol. The molecule has 1 fully saturated rings. The highest BCUT2D eigenvalue weighted by Crippen LogP contribution is 2.42. The second-order valence-electron chi connectivity index (χ2n) is 7.17. The van der Waals surface area contributed by atoms with E-state index in [0.717, 1.165) is 5.56 Å². The van der Waals surface area contributed by atoms with Gasteiger partial charge < -0.3 is 10.5 Å². The Labute approximate surface area is 147 Å². The Morgan fingerprint density at radius 2 is 1.71 bits per heavy atom. The van der Waals surface area contributed by atoms with Crippen molar-refractivity contribution in [2.24, 2.45) is 5.73 Å². The van der Waals surface area contributed by atoms with Gasteiger partial charge in [0.25, 0.3) is 0 Å². The molecule has 3 nitrogen and oxygen atoms in total. The molecule has 0 saturated carbocycles.